The first-order chi connectivity index (χ1) is 11.8. The van der Waals surface area contributed by atoms with Crippen molar-refractivity contribution >= 4 is 41.7 Å². The molecule has 7 heteroatoms. The minimum absolute atomic E-state index is 0. The minimum atomic E-state index is -0.203. The Bertz CT molecular complexity index is 605. The summed E-state index contributed by atoms with van der Waals surface area (Å²) in [7, 11) is 0. The van der Waals surface area contributed by atoms with Gasteiger partial charge in [-0.3, -0.25) is 4.99 Å². The zero-order valence-corrected chi connectivity index (χ0v) is 17.5. The van der Waals surface area contributed by atoms with Gasteiger partial charge >= 0.3 is 0 Å². The van der Waals surface area contributed by atoms with E-state index in [9.17, 15) is 4.39 Å². The molecule has 0 bridgehead atoms. The van der Waals surface area contributed by atoms with E-state index < -0.39 is 0 Å². The standard InChI is InChI=1S/C18H24FN3OS.HI/c1-24-14-12-22-18(21-11-9-17-3-2-13-23-17)20-10-8-15-4-6-16(19)7-5-15;/h2-7,13H,8-12,14H2,1H3,(H2,20,21,22);1H. The van der Waals surface area contributed by atoms with E-state index in [0.717, 1.165) is 55.5 Å². The maximum atomic E-state index is 12.9. The van der Waals surface area contributed by atoms with E-state index in [4.69, 9.17) is 4.42 Å². The molecule has 0 saturated heterocycles. The molecule has 2 rings (SSSR count). The summed E-state index contributed by atoms with van der Waals surface area (Å²) in [5.41, 5.74) is 1.10. The predicted molar refractivity (Wildman–Crippen MR) is 115 cm³/mol. The van der Waals surface area contributed by atoms with E-state index in [2.05, 4.69) is 21.9 Å². The number of rotatable bonds is 9. The molecular formula is C18H25FIN3OS. The number of hydrogen-bond donors (Lipinski definition) is 2. The lowest BCUT2D eigenvalue weighted by Gasteiger charge is -2.12. The average Bonchev–Trinajstić information content (AvgIpc) is 3.10. The van der Waals surface area contributed by atoms with Crippen LogP contribution >= 0.6 is 35.7 Å². The van der Waals surface area contributed by atoms with Crippen LogP contribution in [0.3, 0.4) is 0 Å². The number of thioether (sulfide) groups is 1. The Labute approximate surface area is 170 Å². The molecule has 4 nitrogen and oxygen atoms in total. The average molecular weight is 477 g/mol. The van der Waals surface area contributed by atoms with E-state index in [-0.39, 0.29) is 29.8 Å². The Hall–Kier alpha value is -1.22. The highest BCUT2D eigenvalue weighted by Crippen LogP contribution is 2.03. The maximum absolute atomic E-state index is 12.9. The second kappa shape index (κ2) is 13.0. The number of aliphatic imine (C=N–C) groups is 1. The van der Waals surface area contributed by atoms with Gasteiger partial charge in [0, 0.05) is 25.3 Å². The lowest BCUT2D eigenvalue weighted by Crippen LogP contribution is -2.39. The van der Waals surface area contributed by atoms with Gasteiger partial charge in [-0.05, 0) is 42.5 Å². The fourth-order valence-electron chi connectivity index (χ4n) is 2.16. The summed E-state index contributed by atoms with van der Waals surface area (Å²) in [5, 5.41) is 6.65. The Morgan fingerprint density at radius 2 is 1.84 bits per heavy atom. The van der Waals surface area contributed by atoms with E-state index in [1.54, 1.807) is 18.0 Å². The fourth-order valence-corrected chi connectivity index (χ4v) is 2.43. The zero-order chi connectivity index (χ0) is 17.0. The van der Waals surface area contributed by atoms with Gasteiger partial charge in [-0.15, -0.1) is 24.0 Å². The van der Waals surface area contributed by atoms with Gasteiger partial charge in [0.15, 0.2) is 5.96 Å². The quantitative estimate of drug-likeness (QED) is 0.250. The number of guanidine groups is 1. The number of hydrogen-bond acceptors (Lipinski definition) is 3. The Kier molecular flexibility index (Phi) is 11.4. The van der Waals surface area contributed by atoms with Gasteiger partial charge in [-0.1, -0.05) is 12.1 Å². The van der Waals surface area contributed by atoms with Crippen molar-refractivity contribution in [2.24, 2.45) is 4.99 Å². The van der Waals surface area contributed by atoms with Crippen molar-refractivity contribution in [1.82, 2.24) is 10.6 Å². The molecule has 2 aromatic rings. The molecular weight excluding hydrogens is 452 g/mol. The van der Waals surface area contributed by atoms with Gasteiger partial charge in [-0.25, -0.2) is 4.39 Å². The van der Waals surface area contributed by atoms with Crippen LogP contribution in [0.1, 0.15) is 11.3 Å². The molecule has 2 N–H and O–H groups in total. The summed E-state index contributed by atoms with van der Waals surface area (Å²) in [6, 6.07) is 10.5. The van der Waals surface area contributed by atoms with Gasteiger partial charge < -0.3 is 15.1 Å². The third-order valence-electron chi connectivity index (χ3n) is 3.43. The third-order valence-corrected chi connectivity index (χ3v) is 4.02. The van der Waals surface area contributed by atoms with Crippen LogP contribution in [-0.2, 0) is 12.8 Å². The molecule has 1 heterocycles. The number of benzene rings is 1. The molecule has 0 radical (unpaired) electrons. The van der Waals surface area contributed by atoms with E-state index in [1.165, 1.54) is 12.1 Å². The van der Waals surface area contributed by atoms with Crippen molar-refractivity contribution in [1.29, 1.82) is 0 Å². The summed E-state index contributed by atoms with van der Waals surface area (Å²) < 4.78 is 18.2. The van der Waals surface area contributed by atoms with E-state index in [1.807, 2.05) is 24.3 Å². The fraction of sp³-hybridized carbons (Fsp3) is 0.389. The number of nitrogens with zero attached hydrogens (tertiary/aromatic N) is 1. The summed E-state index contributed by atoms with van der Waals surface area (Å²) in [5.74, 6) is 2.55. The van der Waals surface area contributed by atoms with Gasteiger partial charge in [0.2, 0.25) is 0 Å². The molecule has 0 saturated carbocycles. The molecule has 0 aliphatic rings. The first kappa shape index (κ1) is 21.8. The van der Waals surface area contributed by atoms with Crippen LogP contribution in [0.5, 0.6) is 0 Å². The van der Waals surface area contributed by atoms with Crippen molar-refractivity contribution in [3.05, 3.63) is 59.8 Å². The number of furan rings is 1. The van der Waals surface area contributed by atoms with E-state index >= 15 is 0 Å². The van der Waals surface area contributed by atoms with Crippen LogP contribution in [-0.4, -0.2) is 37.6 Å². The SMILES string of the molecule is CSCCN=C(NCCc1ccc(F)cc1)NCCc1ccco1.I. The van der Waals surface area contributed by atoms with Gasteiger partial charge in [0.25, 0.3) is 0 Å². The highest BCUT2D eigenvalue weighted by molar-refractivity contribution is 14.0. The molecule has 0 aliphatic carbocycles. The van der Waals surface area contributed by atoms with Crippen LogP contribution in [0.15, 0.2) is 52.1 Å². The molecule has 25 heavy (non-hydrogen) atoms. The Balaban J connectivity index is 0.00000312. The van der Waals surface area contributed by atoms with Gasteiger partial charge in [0.1, 0.15) is 11.6 Å². The Morgan fingerprint density at radius 3 is 2.48 bits per heavy atom. The van der Waals surface area contributed by atoms with Crippen molar-refractivity contribution in [3.63, 3.8) is 0 Å². The van der Waals surface area contributed by atoms with Crippen molar-refractivity contribution < 1.29 is 8.81 Å². The lowest BCUT2D eigenvalue weighted by atomic mass is 10.1. The molecule has 0 fully saturated rings. The van der Waals surface area contributed by atoms with Gasteiger partial charge in [0.05, 0.1) is 12.8 Å². The largest absolute Gasteiger partial charge is 0.469 e. The van der Waals surface area contributed by atoms with E-state index in [0.29, 0.717) is 0 Å². The summed E-state index contributed by atoms with van der Waals surface area (Å²) in [4.78, 5) is 4.56. The first-order valence-electron chi connectivity index (χ1n) is 8.06. The number of halogens is 2. The van der Waals surface area contributed by atoms with Crippen LogP contribution < -0.4 is 10.6 Å². The minimum Gasteiger partial charge on any atom is -0.469 e. The maximum Gasteiger partial charge on any atom is 0.191 e. The monoisotopic (exact) mass is 477 g/mol. The first-order valence-corrected chi connectivity index (χ1v) is 9.45. The van der Waals surface area contributed by atoms with Crippen LogP contribution in [0.25, 0.3) is 0 Å². The van der Waals surface area contributed by atoms with Crippen molar-refractivity contribution in [2.75, 3.05) is 31.6 Å². The second-order valence-corrected chi connectivity index (χ2v) is 6.27. The third kappa shape index (κ3) is 9.15. The molecule has 0 spiro atoms. The Morgan fingerprint density at radius 1 is 1.12 bits per heavy atom. The topological polar surface area (TPSA) is 49.6 Å². The summed E-state index contributed by atoms with van der Waals surface area (Å²) in [6.07, 6.45) is 5.39. The van der Waals surface area contributed by atoms with Crippen LogP contribution in [0, 0.1) is 5.82 Å². The van der Waals surface area contributed by atoms with Crippen LogP contribution in [0.2, 0.25) is 0 Å². The zero-order valence-electron chi connectivity index (χ0n) is 14.3. The molecule has 0 unspecified atom stereocenters. The molecule has 1 aromatic heterocycles. The highest BCUT2D eigenvalue weighted by Gasteiger charge is 2.01. The molecule has 0 atom stereocenters. The molecule has 0 amide bonds. The second-order valence-electron chi connectivity index (χ2n) is 5.28. The number of nitrogens with one attached hydrogen (secondary N) is 2. The van der Waals surface area contributed by atoms with Gasteiger partial charge in [-0.2, -0.15) is 11.8 Å². The predicted octanol–water partition coefficient (Wildman–Crippen LogP) is 3.72. The molecule has 0 aliphatic heterocycles. The van der Waals surface area contributed by atoms with Crippen molar-refractivity contribution in [3.8, 4) is 0 Å². The molecule has 138 valence electrons. The normalized spacial score (nSPS) is 11.0. The van der Waals surface area contributed by atoms with Crippen LogP contribution in [0.4, 0.5) is 4.39 Å². The smallest absolute Gasteiger partial charge is 0.191 e. The lowest BCUT2D eigenvalue weighted by molar-refractivity contribution is 0.507. The van der Waals surface area contributed by atoms with Crippen molar-refractivity contribution in [2.45, 2.75) is 12.8 Å². The highest BCUT2D eigenvalue weighted by atomic mass is 127. The summed E-state index contributed by atoms with van der Waals surface area (Å²) in [6.45, 7) is 2.28. The summed E-state index contributed by atoms with van der Waals surface area (Å²) >= 11 is 1.77. The molecule has 1 aromatic carbocycles.